The molecule has 0 fully saturated rings. The highest BCUT2D eigenvalue weighted by Gasteiger charge is 2.15. The SMILES string of the molecule is [Cl-].[NH3+]CCCCCCNS(=O)(=O)c1ccc(Br)s1. The molecule has 0 atom stereocenters. The Bertz CT molecular complexity index is 437. The highest BCUT2D eigenvalue weighted by Crippen LogP contribution is 2.25. The van der Waals surface area contributed by atoms with E-state index in [0.29, 0.717) is 10.8 Å². The van der Waals surface area contributed by atoms with Crippen LogP contribution in [0.2, 0.25) is 0 Å². The van der Waals surface area contributed by atoms with Crippen LogP contribution in [0.5, 0.6) is 0 Å². The van der Waals surface area contributed by atoms with Crippen LogP contribution in [0.25, 0.3) is 0 Å². The van der Waals surface area contributed by atoms with Crippen molar-refractivity contribution in [2.45, 2.75) is 29.9 Å². The van der Waals surface area contributed by atoms with Crippen LogP contribution in [0.1, 0.15) is 25.7 Å². The van der Waals surface area contributed by atoms with E-state index in [2.05, 4.69) is 26.4 Å². The molecular weight excluding hydrogens is 360 g/mol. The zero-order valence-corrected chi connectivity index (χ0v) is 14.0. The van der Waals surface area contributed by atoms with Gasteiger partial charge in [0.25, 0.3) is 0 Å². The first kappa shape index (κ1) is 18.3. The normalized spacial score (nSPS) is 11.2. The highest BCUT2D eigenvalue weighted by molar-refractivity contribution is 9.11. The van der Waals surface area contributed by atoms with Gasteiger partial charge < -0.3 is 18.1 Å². The maximum Gasteiger partial charge on any atom is 0.250 e. The lowest BCUT2D eigenvalue weighted by atomic mass is 10.2. The number of hydrogen-bond acceptors (Lipinski definition) is 3. The topological polar surface area (TPSA) is 73.8 Å². The summed E-state index contributed by atoms with van der Waals surface area (Å²) < 4.78 is 27.4. The molecule has 1 heterocycles. The smallest absolute Gasteiger partial charge is 0.250 e. The van der Waals surface area contributed by atoms with E-state index in [1.807, 2.05) is 0 Å². The van der Waals surface area contributed by atoms with E-state index in [4.69, 9.17) is 0 Å². The largest absolute Gasteiger partial charge is 1.00 e. The van der Waals surface area contributed by atoms with Crippen LogP contribution < -0.4 is 22.9 Å². The molecule has 1 aromatic heterocycles. The molecule has 0 spiro atoms. The van der Waals surface area contributed by atoms with Crippen molar-refractivity contribution in [1.82, 2.24) is 4.72 Å². The van der Waals surface area contributed by atoms with Crippen molar-refractivity contribution in [3.05, 3.63) is 15.9 Å². The van der Waals surface area contributed by atoms with Gasteiger partial charge in [-0.05, 0) is 47.3 Å². The van der Waals surface area contributed by atoms with Crippen molar-refractivity contribution in [2.75, 3.05) is 13.1 Å². The summed E-state index contributed by atoms with van der Waals surface area (Å²) in [5.41, 5.74) is 3.77. The summed E-state index contributed by atoms with van der Waals surface area (Å²) in [7, 11) is -3.31. The molecule has 1 aromatic rings. The highest BCUT2D eigenvalue weighted by atomic mass is 79.9. The number of sulfonamides is 1. The first-order valence-electron chi connectivity index (χ1n) is 5.60. The van der Waals surface area contributed by atoms with E-state index >= 15 is 0 Å². The molecule has 0 amide bonds. The Labute approximate surface area is 127 Å². The minimum atomic E-state index is -3.31. The van der Waals surface area contributed by atoms with Crippen LogP contribution in [-0.4, -0.2) is 21.5 Å². The Morgan fingerprint density at radius 2 is 1.89 bits per heavy atom. The molecule has 0 unspecified atom stereocenters. The average molecular weight is 378 g/mol. The maximum absolute atomic E-state index is 11.8. The van der Waals surface area contributed by atoms with Gasteiger partial charge in [0.2, 0.25) is 10.0 Å². The van der Waals surface area contributed by atoms with E-state index in [9.17, 15) is 8.42 Å². The van der Waals surface area contributed by atoms with E-state index < -0.39 is 10.0 Å². The summed E-state index contributed by atoms with van der Waals surface area (Å²) in [6.07, 6.45) is 4.17. The number of quaternary nitrogens is 1. The summed E-state index contributed by atoms with van der Waals surface area (Å²) in [4.78, 5) is 0. The predicted octanol–water partition coefficient (Wildman–Crippen LogP) is -1.40. The van der Waals surface area contributed by atoms with Gasteiger partial charge in [-0.3, -0.25) is 0 Å². The lowest BCUT2D eigenvalue weighted by Crippen LogP contribution is -3.00. The average Bonchev–Trinajstić information content (AvgIpc) is 2.71. The number of halogens is 2. The van der Waals surface area contributed by atoms with Crippen molar-refractivity contribution < 1.29 is 26.6 Å². The van der Waals surface area contributed by atoms with Crippen LogP contribution in [0.4, 0.5) is 0 Å². The Kier molecular flexibility index (Phi) is 9.45. The number of hydrogen-bond donors (Lipinski definition) is 2. The fourth-order valence-electron chi connectivity index (χ4n) is 1.38. The van der Waals surface area contributed by atoms with Crippen LogP contribution in [0, 0.1) is 0 Å². The molecule has 4 N–H and O–H groups in total. The molecule has 0 aliphatic heterocycles. The second kappa shape index (κ2) is 9.28. The summed E-state index contributed by atoms with van der Waals surface area (Å²) in [6, 6.07) is 3.35. The summed E-state index contributed by atoms with van der Waals surface area (Å²) in [5, 5.41) is 0. The Balaban J connectivity index is 0.00000289. The second-order valence-corrected chi connectivity index (χ2v) is 8.18. The third kappa shape index (κ3) is 6.49. The van der Waals surface area contributed by atoms with Gasteiger partial charge in [0, 0.05) is 6.54 Å². The standard InChI is InChI=1S/C10H17BrN2O2S2.ClH/c11-9-5-6-10(16-9)17(14,15)13-8-4-2-1-3-7-12;/h5-6,13H,1-4,7-8,12H2;1H. The molecule has 0 aliphatic rings. The van der Waals surface area contributed by atoms with Crippen molar-refractivity contribution in [2.24, 2.45) is 0 Å². The van der Waals surface area contributed by atoms with Gasteiger partial charge in [-0.2, -0.15) is 0 Å². The lowest BCUT2D eigenvalue weighted by Gasteiger charge is -2.04. The quantitative estimate of drug-likeness (QED) is 0.547. The molecule has 8 heteroatoms. The van der Waals surface area contributed by atoms with Crippen molar-refractivity contribution in [3.8, 4) is 0 Å². The molecule has 0 aromatic carbocycles. The van der Waals surface area contributed by atoms with Gasteiger partial charge in [0.15, 0.2) is 0 Å². The molecule has 0 saturated heterocycles. The fraction of sp³-hybridized carbons (Fsp3) is 0.600. The molecule has 106 valence electrons. The predicted molar refractivity (Wildman–Crippen MR) is 73.4 cm³/mol. The number of unbranched alkanes of at least 4 members (excludes halogenated alkanes) is 3. The monoisotopic (exact) mass is 376 g/mol. The summed E-state index contributed by atoms with van der Waals surface area (Å²) in [5.74, 6) is 0. The minimum absolute atomic E-state index is 0. The van der Waals surface area contributed by atoms with E-state index in [0.717, 1.165) is 36.0 Å². The molecule has 1 rings (SSSR count). The maximum atomic E-state index is 11.8. The first-order valence-corrected chi connectivity index (χ1v) is 8.70. The first-order chi connectivity index (χ1) is 8.06. The number of nitrogens with one attached hydrogen (secondary N) is 1. The molecule has 0 aliphatic carbocycles. The van der Waals surface area contributed by atoms with Gasteiger partial charge in [-0.15, -0.1) is 11.3 Å². The zero-order chi connectivity index (χ0) is 12.7. The third-order valence-corrected chi connectivity index (χ3v) is 5.86. The number of thiophene rings is 1. The third-order valence-electron chi connectivity index (χ3n) is 2.28. The summed E-state index contributed by atoms with van der Waals surface area (Å²) in [6.45, 7) is 1.46. The van der Waals surface area contributed by atoms with E-state index in [-0.39, 0.29) is 12.4 Å². The molecule has 4 nitrogen and oxygen atoms in total. The Morgan fingerprint density at radius 1 is 1.22 bits per heavy atom. The molecule has 0 radical (unpaired) electrons. The van der Waals surface area contributed by atoms with Crippen LogP contribution >= 0.6 is 27.3 Å². The van der Waals surface area contributed by atoms with Crippen LogP contribution in [-0.2, 0) is 10.0 Å². The second-order valence-electron chi connectivity index (χ2n) is 3.72. The molecule has 0 saturated carbocycles. The van der Waals surface area contributed by atoms with Gasteiger partial charge in [0.05, 0.1) is 10.3 Å². The van der Waals surface area contributed by atoms with E-state index in [1.54, 1.807) is 12.1 Å². The van der Waals surface area contributed by atoms with Gasteiger partial charge in [-0.1, -0.05) is 6.42 Å². The van der Waals surface area contributed by atoms with Crippen LogP contribution in [0.3, 0.4) is 0 Å². The Hall–Kier alpha value is 0.340. The fourth-order valence-corrected chi connectivity index (χ4v) is 4.50. The lowest BCUT2D eigenvalue weighted by molar-refractivity contribution is -0.368. The number of rotatable bonds is 8. The van der Waals surface area contributed by atoms with Crippen molar-refractivity contribution >= 4 is 37.3 Å². The molecule has 0 bridgehead atoms. The van der Waals surface area contributed by atoms with Crippen LogP contribution in [0.15, 0.2) is 20.1 Å². The van der Waals surface area contributed by atoms with E-state index in [1.165, 1.54) is 11.3 Å². The minimum Gasteiger partial charge on any atom is -1.00 e. The van der Waals surface area contributed by atoms with Gasteiger partial charge in [-0.25, -0.2) is 13.1 Å². The molecular formula is C10H18BrClN2O2S2. The molecule has 18 heavy (non-hydrogen) atoms. The van der Waals surface area contributed by atoms with Gasteiger partial charge >= 0.3 is 0 Å². The van der Waals surface area contributed by atoms with Gasteiger partial charge in [0.1, 0.15) is 4.21 Å². The summed E-state index contributed by atoms with van der Waals surface area (Å²) >= 11 is 4.48. The van der Waals surface area contributed by atoms with Crippen molar-refractivity contribution in [3.63, 3.8) is 0 Å². The Morgan fingerprint density at radius 3 is 2.44 bits per heavy atom. The zero-order valence-electron chi connectivity index (χ0n) is 9.99. The van der Waals surface area contributed by atoms with Crippen molar-refractivity contribution in [1.29, 1.82) is 0 Å².